The van der Waals surface area contributed by atoms with E-state index in [0.717, 1.165) is 22.4 Å². The molecule has 4 N–H and O–H groups in total. The number of rotatable bonds is 5. The minimum Gasteiger partial charge on any atom is -0.368 e. The Morgan fingerprint density at radius 1 is 1.20 bits per heavy atom. The van der Waals surface area contributed by atoms with Gasteiger partial charge in [0.25, 0.3) is 0 Å². The first-order chi connectivity index (χ1) is 12.0. The quantitative estimate of drug-likeness (QED) is 0.610. The van der Waals surface area contributed by atoms with Crippen LogP contribution in [0.5, 0.6) is 0 Å². The molecule has 0 aliphatic heterocycles. The van der Waals surface area contributed by atoms with Crippen molar-refractivity contribution in [1.29, 1.82) is 0 Å². The number of aromatic nitrogens is 3. The number of nitrogen functional groups attached to an aromatic ring is 1. The lowest BCUT2D eigenvalue weighted by Gasteiger charge is -2.17. The van der Waals surface area contributed by atoms with Crippen molar-refractivity contribution in [2.24, 2.45) is 0 Å². The van der Waals surface area contributed by atoms with Gasteiger partial charge < -0.3 is 11.1 Å². The van der Waals surface area contributed by atoms with Crippen molar-refractivity contribution >= 4 is 29.3 Å². The van der Waals surface area contributed by atoms with E-state index in [9.17, 15) is 4.79 Å². The smallest absolute Gasteiger partial charge is 0.242 e. The van der Waals surface area contributed by atoms with E-state index in [1.54, 1.807) is 0 Å². The monoisotopic (exact) mass is 353 g/mol. The zero-order chi connectivity index (χ0) is 17.8. The molecule has 1 aromatic heterocycles. The minimum atomic E-state index is -0.490. The number of nitrogens with one attached hydrogen (secondary N) is 2. The maximum absolute atomic E-state index is 13.0. The van der Waals surface area contributed by atoms with Crippen LogP contribution in [-0.4, -0.2) is 21.1 Å². The summed E-state index contributed by atoms with van der Waals surface area (Å²) in [6.07, 6.45) is 0. The Kier molecular flexibility index (Phi) is 5.04. The van der Waals surface area contributed by atoms with E-state index >= 15 is 0 Å². The molecule has 7 heteroatoms. The number of carbonyl (C=O) groups excluding carboxylic acids is 1. The largest absolute Gasteiger partial charge is 0.368 e. The highest BCUT2D eigenvalue weighted by Gasteiger charge is 2.24. The Hall–Kier alpha value is -2.80. The highest BCUT2D eigenvalue weighted by Crippen LogP contribution is 2.34. The van der Waals surface area contributed by atoms with Gasteiger partial charge in [-0.2, -0.15) is 4.98 Å². The maximum atomic E-state index is 13.0. The van der Waals surface area contributed by atoms with E-state index in [0.29, 0.717) is 5.16 Å². The fourth-order valence-electron chi connectivity index (χ4n) is 2.39. The summed E-state index contributed by atoms with van der Waals surface area (Å²) in [5.74, 6) is 0.0949. The molecule has 1 unspecified atom stereocenters. The number of aryl methyl sites for hydroxylation is 2. The van der Waals surface area contributed by atoms with Gasteiger partial charge in [-0.3, -0.25) is 4.79 Å². The normalized spacial score (nSPS) is 11.9. The van der Waals surface area contributed by atoms with Crippen molar-refractivity contribution in [3.05, 3.63) is 65.2 Å². The number of carbonyl (C=O) groups is 1. The van der Waals surface area contributed by atoms with Crippen molar-refractivity contribution < 1.29 is 4.79 Å². The number of thioether (sulfide) groups is 1. The Morgan fingerprint density at radius 3 is 2.64 bits per heavy atom. The second kappa shape index (κ2) is 7.40. The highest BCUT2D eigenvalue weighted by molar-refractivity contribution is 8.00. The van der Waals surface area contributed by atoms with Gasteiger partial charge in [-0.15, -0.1) is 5.10 Å². The molecule has 0 aliphatic rings. The molecule has 3 rings (SSSR count). The molecule has 0 radical (unpaired) electrons. The minimum absolute atomic E-state index is 0.131. The Morgan fingerprint density at radius 2 is 1.96 bits per heavy atom. The highest BCUT2D eigenvalue weighted by atomic mass is 32.2. The second-order valence-electron chi connectivity index (χ2n) is 5.72. The molecular weight excluding hydrogens is 334 g/mol. The van der Waals surface area contributed by atoms with Crippen LogP contribution in [0.4, 0.5) is 11.6 Å². The average molecular weight is 353 g/mol. The molecule has 0 bridgehead atoms. The molecule has 2 aromatic carbocycles. The predicted octanol–water partition coefficient (Wildman–Crippen LogP) is 3.48. The summed E-state index contributed by atoms with van der Waals surface area (Å²) < 4.78 is 0. The molecule has 0 saturated heterocycles. The molecule has 1 amide bonds. The average Bonchev–Trinajstić information content (AvgIpc) is 3.02. The van der Waals surface area contributed by atoms with Gasteiger partial charge in [-0.05, 0) is 36.6 Å². The van der Waals surface area contributed by atoms with Gasteiger partial charge >= 0.3 is 0 Å². The molecule has 0 fully saturated rings. The fraction of sp³-hybridized carbons (Fsp3) is 0.167. The molecule has 1 heterocycles. The van der Waals surface area contributed by atoms with E-state index < -0.39 is 5.25 Å². The number of benzene rings is 2. The summed E-state index contributed by atoms with van der Waals surface area (Å²) in [5, 5.41) is 9.58. The van der Waals surface area contributed by atoms with Crippen LogP contribution in [0.15, 0.2) is 53.7 Å². The number of H-pyrrole nitrogens is 1. The number of nitrogens with two attached hydrogens (primary N) is 1. The van der Waals surface area contributed by atoms with Crippen molar-refractivity contribution in [3.63, 3.8) is 0 Å². The zero-order valence-electron chi connectivity index (χ0n) is 14.0. The molecule has 25 heavy (non-hydrogen) atoms. The SMILES string of the molecule is Cc1ccc(C)c(NC(=O)C(Sc2n[nH]c(N)n2)c2ccccc2)c1. The van der Waals surface area contributed by atoms with Gasteiger partial charge in [0, 0.05) is 5.69 Å². The van der Waals surface area contributed by atoms with Crippen molar-refractivity contribution in [2.45, 2.75) is 24.3 Å². The lowest BCUT2D eigenvalue weighted by Crippen LogP contribution is -2.19. The molecular formula is C18H19N5OS. The molecule has 128 valence electrons. The molecule has 1 atom stereocenters. The summed E-state index contributed by atoms with van der Waals surface area (Å²) in [4.78, 5) is 17.0. The van der Waals surface area contributed by atoms with Crippen LogP contribution >= 0.6 is 11.8 Å². The Bertz CT molecular complexity index is 878. The summed E-state index contributed by atoms with van der Waals surface area (Å²) in [6.45, 7) is 3.96. The molecule has 0 saturated carbocycles. The third-order valence-corrected chi connectivity index (χ3v) is 4.81. The lowest BCUT2D eigenvalue weighted by atomic mass is 10.1. The van der Waals surface area contributed by atoms with Crippen LogP contribution in [0.2, 0.25) is 0 Å². The van der Waals surface area contributed by atoms with Crippen LogP contribution in [0.25, 0.3) is 0 Å². The van der Waals surface area contributed by atoms with Crippen molar-refractivity contribution in [2.75, 3.05) is 11.1 Å². The fourth-order valence-corrected chi connectivity index (χ4v) is 3.31. The summed E-state index contributed by atoms with van der Waals surface area (Å²) in [7, 11) is 0. The third kappa shape index (κ3) is 4.19. The Labute approximate surface area is 150 Å². The van der Waals surface area contributed by atoms with Crippen LogP contribution < -0.4 is 11.1 Å². The van der Waals surface area contributed by atoms with Crippen LogP contribution in [0.1, 0.15) is 21.9 Å². The van der Waals surface area contributed by atoms with Gasteiger partial charge in [0.2, 0.25) is 17.0 Å². The van der Waals surface area contributed by atoms with Crippen molar-refractivity contribution in [3.8, 4) is 0 Å². The van der Waals surface area contributed by atoms with Gasteiger partial charge in [0.05, 0.1) is 0 Å². The lowest BCUT2D eigenvalue weighted by molar-refractivity contribution is -0.115. The molecule has 3 aromatic rings. The van der Waals surface area contributed by atoms with Gasteiger partial charge in [0.1, 0.15) is 5.25 Å². The van der Waals surface area contributed by atoms with E-state index in [1.165, 1.54) is 11.8 Å². The van der Waals surface area contributed by atoms with Gasteiger partial charge in [-0.1, -0.05) is 54.2 Å². The van der Waals surface area contributed by atoms with Gasteiger partial charge in [-0.25, -0.2) is 5.10 Å². The number of aromatic amines is 1. The number of hydrogen-bond donors (Lipinski definition) is 3. The predicted molar refractivity (Wildman–Crippen MR) is 100 cm³/mol. The number of hydrogen-bond acceptors (Lipinski definition) is 5. The summed E-state index contributed by atoms with van der Waals surface area (Å²) in [6, 6.07) is 15.5. The first-order valence-corrected chi connectivity index (χ1v) is 8.68. The van der Waals surface area contributed by atoms with Crippen LogP contribution in [-0.2, 0) is 4.79 Å². The van der Waals surface area contributed by atoms with Crippen molar-refractivity contribution in [1.82, 2.24) is 15.2 Å². The van der Waals surface area contributed by atoms with Crippen LogP contribution in [0, 0.1) is 13.8 Å². The molecule has 0 aliphatic carbocycles. The van der Waals surface area contributed by atoms with E-state index in [-0.39, 0.29) is 11.9 Å². The number of nitrogens with zero attached hydrogens (tertiary/aromatic N) is 2. The number of amides is 1. The van der Waals surface area contributed by atoms with E-state index in [2.05, 4.69) is 20.5 Å². The van der Waals surface area contributed by atoms with Gasteiger partial charge in [0.15, 0.2) is 0 Å². The first-order valence-electron chi connectivity index (χ1n) is 7.80. The molecule has 6 nitrogen and oxygen atoms in total. The van der Waals surface area contributed by atoms with E-state index in [1.807, 2.05) is 62.4 Å². The first kappa shape index (κ1) is 17.0. The summed E-state index contributed by atoms with van der Waals surface area (Å²) in [5.41, 5.74) is 9.37. The molecule has 0 spiro atoms. The standard InChI is InChI=1S/C18H19N5OS/c1-11-8-9-12(2)14(10-11)20-16(24)15(13-6-4-3-5-7-13)25-18-21-17(19)22-23-18/h3-10,15H,1-2H3,(H,20,24)(H3,19,21,22,23). The van der Waals surface area contributed by atoms with Crippen LogP contribution in [0.3, 0.4) is 0 Å². The third-order valence-electron chi connectivity index (χ3n) is 3.70. The van der Waals surface area contributed by atoms with E-state index in [4.69, 9.17) is 5.73 Å². The second-order valence-corrected chi connectivity index (χ2v) is 6.79. The summed E-state index contributed by atoms with van der Waals surface area (Å²) >= 11 is 1.25. The zero-order valence-corrected chi connectivity index (χ0v) is 14.8. The number of anilines is 2. The topological polar surface area (TPSA) is 96.7 Å². The Balaban J connectivity index is 1.88. The maximum Gasteiger partial charge on any atom is 0.242 e.